The highest BCUT2D eigenvalue weighted by Gasteiger charge is 2.62. The van der Waals surface area contributed by atoms with Crippen LogP contribution in [-0.4, -0.2) is 11.5 Å². The summed E-state index contributed by atoms with van der Waals surface area (Å²) >= 11 is 6.57. The third-order valence-corrected chi connectivity index (χ3v) is 7.33. The number of rotatable bonds is 2. The van der Waals surface area contributed by atoms with Gasteiger partial charge >= 0.3 is 0 Å². The molecular formula is C24H23ClN+. The van der Waals surface area contributed by atoms with Gasteiger partial charge in [0.2, 0.25) is 0 Å². The number of hydrogen-bond donors (Lipinski definition) is 0. The van der Waals surface area contributed by atoms with E-state index in [1.165, 1.54) is 27.8 Å². The molecule has 3 atom stereocenters. The van der Waals surface area contributed by atoms with Crippen molar-refractivity contribution < 1.29 is 4.48 Å². The Labute approximate surface area is 160 Å². The Morgan fingerprint density at radius 2 is 1.58 bits per heavy atom. The summed E-state index contributed by atoms with van der Waals surface area (Å²) in [4.78, 5) is 0. The van der Waals surface area contributed by atoms with Gasteiger partial charge in [-0.2, -0.15) is 0 Å². The molecule has 0 saturated heterocycles. The Balaban J connectivity index is 1.76. The highest BCUT2D eigenvalue weighted by Crippen LogP contribution is 2.60. The van der Waals surface area contributed by atoms with Gasteiger partial charge in [-0.1, -0.05) is 78.3 Å². The zero-order chi connectivity index (χ0) is 17.9. The predicted octanol–water partition coefficient (Wildman–Crippen LogP) is 5.86. The van der Waals surface area contributed by atoms with Gasteiger partial charge in [-0.25, -0.2) is 0 Å². The van der Waals surface area contributed by atoms with Crippen LogP contribution in [0.4, 0.5) is 0 Å². The molecule has 0 N–H and O–H groups in total. The fraction of sp³-hybridized carbons (Fsp3) is 0.250. The lowest BCUT2D eigenvalue weighted by atomic mass is 9.78. The van der Waals surface area contributed by atoms with Crippen LogP contribution in [-0.2, 0) is 18.5 Å². The second kappa shape index (κ2) is 5.45. The molecule has 2 heterocycles. The van der Waals surface area contributed by atoms with Crippen LogP contribution >= 0.6 is 11.6 Å². The molecule has 0 aliphatic carbocycles. The number of benzene rings is 3. The number of halogens is 1. The van der Waals surface area contributed by atoms with Crippen LogP contribution in [0.2, 0.25) is 5.02 Å². The molecule has 5 rings (SSSR count). The van der Waals surface area contributed by atoms with E-state index in [1.54, 1.807) is 0 Å². The van der Waals surface area contributed by atoms with Gasteiger partial charge in [-0.3, -0.25) is 0 Å². The Morgan fingerprint density at radius 3 is 2.38 bits per heavy atom. The van der Waals surface area contributed by atoms with Crippen molar-refractivity contribution in [3.05, 3.63) is 106 Å². The molecule has 0 amide bonds. The van der Waals surface area contributed by atoms with Crippen molar-refractivity contribution in [1.82, 2.24) is 0 Å². The van der Waals surface area contributed by atoms with Crippen LogP contribution < -0.4 is 0 Å². The predicted molar refractivity (Wildman–Crippen MR) is 107 cm³/mol. The van der Waals surface area contributed by atoms with Crippen molar-refractivity contribution in [2.24, 2.45) is 0 Å². The lowest BCUT2D eigenvalue weighted by molar-refractivity contribution is -0.993. The first-order chi connectivity index (χ1) is 12.6. The van der Waals surface area contributed by atoms with Gasteiger partial charge in [0.05, 0.1) is 7.05 Å². The number of nitrogens with zero attached hydrogens (tertiary/aromatic N) is 1. The van der Waals surface area contributed by atoms with Crippen molar-refractivity contribution in [3.63, 3.8) is 0 Å². The normalized spacial score (nSPS) is 28.5. The molecule has 26 heavy (non-hydrogen) atoms. The summed E-state index contributed by atoms with van der Waals surface area (Å²) in [6.45, 7) is 3.37. The lowest BCUT2D eigenvalue weighted by Gasteiger charge is -2.52. The molecule has 3 aromatic carbocycles. The summed E-state index contributed by atoms with van der Waals surface area (Å²) < 4.78 is 0.951. The Bertz CT molecular complexity index is 997. The van der Waals surface area contributed by atoms with Gasteiger partial charge in [-0.15, -0.1) is 0 Å². The highest BCUT2D eigenvalue weighted by atomic mass is 35.5. The Kier molecular flexibility index (Phi) is 3.38. The molecule has 0 saturated carbocycles. The maximum absolute atomic E-state index is 6.57. The number of quaternary nitrogens is 1. The minimum absolute atomic E-state index is 0.0602. The summed E-state index contributed by atoms with van der Waals surface area (Å²) in [7, 11) is 2.42. The van der Waals surface area contributed by atoms with E-state index in [2.05, 4.69) is 74.6 Å². The fourth-order valence-corrected chi connectivity index (χ4v) is 5.68. The molecule has 2 bridgehead atoms. The largest absolute Gasteiger partial charge is 0.304 e. The summed E-state index contributed by atoms with van der Waals surface area (Å²) in [5.74, 6) is 0. The third-order valence-electron chi connectivity index (χ3n) is 6.97. The average Bonchev–Trinajstić information content (AvgIpc) is 2.76. The molecule has 0 aromatic heterocycles. The number of fused-ring (bicyclic) bond motifs is 7. The molecule has 0 spiro atoms. The third kappa shape index (κ3) is 1.91. The monoisotopic (exact) mass is 360 g/mol. The van der Waals surface area contributed by atoms with Crippen LogP contribution in [0.5, 0.6) is 0 Å². The molecule has 2 heteroatoms. The van der Waals surface area contributed by atoms with E-state index in [0.717, 1.165) is 22.5 Å². The molecule has 0 unspecified atom stereocenters. The smallest absolute Gasteiger partial charge is 0.149 e. The summed E-state index contributed by atoms with van der Waals surface area (Å²) in [6, 6.07) is 26.8. The van der Waals surface area contributed by atoms with Crippen molar-refractivity contribution in [1.29, 1.82) is 0 Å². The minimum Gasteiger partial charge on any atom is -0.304 e. The number of hydrogen-bond acceptors (Lipinski definition) is 0. The van der Waals surface area contributed by atoms with E-state index >= 15 is 0 Å². The fourth-order valence-electron chi connectivity index (χ4n) is 5.49. The van der Waals surface area contributed by atoms with Crippen LogP contribution in [0.1, 0.15) is 40.8 Å². The molecule has 130 valence electrons. The summed E-state index contributed by atoms with van der Waals surface area (Å²) in [5.41, 5.74) is 7.11. The van der Waals surface area contributed by atoms with Crippen molar-refractivity contribution >= 4 is 11.6 Å². The standard InChI is InChI=1S/C24H23ClN/c1-24-20-12-6-3-9-17(20)15-23(19-11-5-7-13-21(19)24)26(24,2)16-18-10-4-8-14-22(18)25/h3-14,23H,15-16H2,1-2H3/q+1/t23-,24+,26+/m0/s1. The van der Waals surface area contributed by atoms with Crippen LogP contribution in [0.25, 0.3) is 0 Å². The SMILES string of the molecule is C[C@@]12c3ccccc3C[C@@H](c3ccccc31)[N@@+]2(C)Cc1ccccc1Cl. The highest BCUT2D eigenvalue weighted by molar-refractivity contribution is 6.31. The summed E-state index contributed by atoms with van der Waals surface area (Å²) in [5, 5.41) is 0.873. The van der Waals surface area contributed by atoms with Gasteiger partial charge in [0.15, 0.2) is 0 Å². The van der Waals surface area contributed by atoms with E-state index in [4.69, 9.17) is 11.6 Å². The van der Waals surface area contributed by atoms with Gasteiger partial charge in [0.1, 0.15) is 18.1 Å². The van der Waals surface area contributed by atoms with Crippen molar-refractivity contribution in [3.8, 4) is 0 Å². The van der Waals surface area contributed by atoms with Crippen molar-refractivity contribution in [2.45, 2.75) is 31.5 Å². The molecule has 2 aliphatic heterocycles. The molecular weight excluding hydrogens is 338 g/mol. The lowest BCUT2D eigenvalue weighted by Crippen LogP contribution is -2.58. The van der Waals surface area contributed by atoms with E-state index in [9.17, 15) is 0 Å². The first-order valence-electron chi connectivity index (χ1n) is 9.32. The van der Waals surface area contributed by atoms with Crippen molar-refractivity contribution in [2.75, 3.05) is 7.05 Å². The van der Waals surface area contributed by atoms with Gasteiger partial charge < -0.3 is 4.48 Å². The molecule has 0 fully saturated rings. The topological polar surface area (TPSA) is 0 Å². The zero-order valence-electron chi connectivity index (χ0n) is 15.2. The summed E-state index contributed by atoms with van der Waals surface area (Å²) in [6.07, 6.45) is 1.09. The maximum atomic E-state index is 6.57. The van der Waals surface area contributed by atoms with Crippen LogP contribution in [0.15, 0.2) is 72.8 Å². The van der Waals surface area contributed by atoms with Gasteiger partial charge in [-0.05, 0) is 18.6 Å². The molecule has 0 radical (unpaired) electrons. The van der Waals surface area contributed by atoms with E-state index in [0.29, 0.717) is 6.04 Å². The van der Waals surface area contributed by atoms with E-state index < -0.39 is 0 Å². The molecule has 3 aromatic rings. The quantitative estimate of drug-likeness (QED) is 0.502. The Hall–Kier alpha value is -2.09. The van der Waals surface area contributed by atoms with Crippen LogP contribution in [0, 0.1) is 0 Å². The van der Waals surface area contributed by atoms with Crippen LogP contribution in [0.3, 0.4) is 0 Å². The number of likely N-dealkylation sites (N-methyl/N-ethyl adjacent to an activating group) is 1. The van der Waals surface area contributed by atoms with E-state index in [-0.39, 0.29) is 5.54 Å². The first kappa shape index (κ1) is 16.1. The minimum atomic E-state index is -0.0602. The first-order valence-corrected chi connectivity index (χ1v) is 9.70. The average molecular weight is 361 g/mol. The van der Waals surface area contributed by atoms with E-state index in [1.807, 2.05) is 12.1 Å². The second-order valence-corrected chi connectivity index (χ2v) is 8.46. The molecule has 1 nitrogen and oxygen atoms in total. The van der Waals surface area contributed by atoms with Gasteiger partial charge in [0, 0.05) is 33.7 Å². The maximum Gasteiger partial charge on any atom is 0.149 e. The van der Waals surface area contributed by atoms with Gasteiger partial charge in [0.25, 0.3) is 0 Å². The second-order valence-electron chi connectivity index (χ2n) is 8.05. The zero-order valence-corrected chi connectivity index (χ0v) is 16.0. The molecule has 2 aliphatic rings. The Morgan fingerprint density at radius 1 is 0.923 bits per heavy atom.